The van der Waals surface area contributed by atoms with E-state index < -0.39 is 0 Å². The summed E-state index contributed by atoms with van der Waals surface area (Å²) >= 11 is 3.57. The SMILES string of the molecule is Cn1cc(COc2ccc(CNC(C)(C)C)cc2Br)cn1. The fourth-order valence-corrected chi connectivity index (χ4v) is 2.39. The lowest BCUT2D eigenvalue weighted by atomic mass is 10.1. The van der Waals surface area contributed by atoms with Gasteiger partial charge in [-0.15, -0.1) is 0 Å². The molecule has 0 radical (unpaired) electrons. The molecule has 0 unspecified atom stereocenters. The highest BCUT2D eigenvalue weighted by Crippen LogP contribution is 2.27. The zero-order chi connectivity index (χ0) is 15.5. The maximum absolute atomic E-state index is 5.82. The highest BCUT2D eigenvalue weighted by Gasteiger charge is 2.09. The van der Waals surface area contributed by atoms with Crippen LogP contribution in [0.1, 0.15) is 31.9 Å². The van der Waals surface area contributed by atoms with E-state index in [4.69, 9.17) is 4.74 Å². The van der Waals surface area contributed by atoms with E-state index in [1.165, 1.54) is 5.56 Å². The van der Waals surface area contributed by atoms with E-state index in [1.807, 2.05) is 25.5 Å². The van der Waals surface area contributed by atoms with Crippen molar-refractivity contribution in [3.8, 4) is 5.75 Å². The summed E-state index contributed by atoms with van der Waals surface area (Å²) in [6.07, 6.45) is 3.77. The molecule has 0 fully saturated rings. The first kappa shape index (κ1) is 16.0. The Morgan fingerprint density at radius 1 is 1.29 bits per heavy atom. The van der Waals surface area contributed by atoms with Crippen molar-refractivity contribution < 1.29 is 4.74 Å². The van der Waals surface area contributed by atoms with Crippen molar-refractivity contribution in [2.45, 2.75) is 39.5 Å². The van der Waals surface area contributed by atoms with Gasteiger partial charge in [0.15, 0.2) is 0 Å². The monoisotopic (exact) mass is 351 g/mol. The number of aryl methyl sites for hydroxylation is 1. The van der Waals surface area contributed by atoms with Gasteiger partial charge in [-0.25, -0.2) is 0 Å². The number of nitrogens with one attached hydrogen (secondary N) is 1. The number of hydrogen-bond acceptors (Lipinski definition) is 3. The summed E-state index contributed by atoms with van der Waals surface area (Å²) in [4.78, 5) is 0. The third-order valence-electron chi connectivity index (χ3n) is 2.97. The van der Waals surface area contributed by atoms with Gasteiger partial charge in [0.1, 0.15) is 12.4 Å². The lowest BCUT2D eigenvalue weighted by molar-refractivity contribution is 0.304. The maximum Gasteiger partial charge on any atom is 0.134 e. The van der Waals surface area contributed by atoms with Gasteiger partial charge in [0.25, 0.3) is 0 Å². The molecule has 1 N–H and O–H groups in total. The van der Waals surface area contributed by atoms with Crippen LogP contribution in [-0.2, 0) is 20.2 Å². The van der Waals surface area contributed by atoms with Crippen LogP contribution in [0, 0.1) is 0 Å². The molecule has 2 rings (SSSR count). The highest BCUT2D eigenvalue weighted by molar-refractivity contribution is 9.10. The molecule has 21 heavy (non-hydrogen) atoms. The van der Waals surface area contributed by atoms with Crippen molar-refractivity contribution >= 4 is 15.9 Å². The molecule has 0 bridgehead atoms. The van der Waals surface area contributed by atoms with Crippen LogP contribution >= 0.6 is 15.9 Å². The zero-order valence-electron chi connectivity index (χ0n) is 13.0. The number of benzene rings is 1. The predicted molar refractivity (Wildman–Crippen MR) is 88.3 cm³/mol. The molecule has 0 aliphatic heterocycles. The second-order valence-electron chi connectivity index (χ2n) is 6.18. The lowest BCUT2D eigenvalue weighted by Crippen LogP contribution is -2.35. The van der Waals surface area contributed by atoms with Crippen molar-refractivity contribution in [3.63, 3.8) is 0 Å². The first-order valence-electron chi connectivity index (χ1n) is 6.97. The van der Waals surface area contributed by atoms with Gasteiger partial charge < -0.3 is 10.1 Å². The number of hydrogen-bond donors (Lipinski definition) is 1. The molecule has 4 nitrogen and oxygen atoms in total. The molecule has 1 aromatic heterocycles. The Bertz CT molecular complexity index is 602. The smallest absolute Gasteiger partial charge is 0.134 e. The Labute approximate surface area is 134 Å². The van der Waals surface area contributed by atoms with Crippen LogP contribution in [0.3, 0.4) is 0 Å². The summed E-state index contributed by atoms with van der Waals surface area (Å²) in [5.74, 6) is 0.846. The molecule has 1 heterocycles. The number of nitrogens with zero attached hydrogens (tertiary/aromatic N) is 2. The average molecular weight is 352 g/mol. The third-order valence-corrected chi connectivity index (χ3v) is 3.59. The summed E-state index contributed by atoms with van der Waals surface area (Å²) in [5.41, 5.74) is 2.40. The Morgan fingerprint density at radius 3 is 2.62 bits per heavy atom. The van der Waals surface area contributed by atoms with E-state index in [1.54, 1.807) is 4.68 Å². The topological polar surface area (TPSA) is 39.1 Å². The Hall–Kier alpha value is -1.33. The van der Waals surface area contributed by atoms with E-state index in [9.17, 15) is 0 Å². The van der Waals surface area contributed by atoms with E-state index in [0.717, 1.165) is 22.3 Å². The van der Waals surface area contributed by atoms with Gasteiger partial charge in [-0.3, -0.25) is 4.68 Å². The predicted octanol–water partition coefficient (Wildman–Crippen LogP) is 3.65. The highest BCUT2D eigenvalue weighted by atomic mass is 79.9. The van der Waals surface area contributed by atoms with Crippen LogP contribution in [0.4, 0.5) is 0 Å². The van der Waals surface area contributed by atoms with Crippen molar-refractivity contribution in [3.05, 3.63) is 46.2 Å². The van der Waals surface area contributed by atoms with E-state index in [0.29, 0.717) is 6.61 Å². The molecule has 1 aromatic carbocycles. The Morgan fingerprint density at radius 2 is 2.05 bits per heavy atom. The van der Waals surface area contributed by atoms with Crippen LogP contribution in [0.15, 0.2) is 35.1 Å². The molecule has 114 valence electrons. The van der Waals surface area contributed by atoms with Gasteiger partial charge in [-0.05, 0) is 54.4 Å². The van der Waals surface area contributed by atoms with Gasteiger partial charge in [0, 0.05) is 30.9 Å². The van der Waals surface area contributed by atoms with Crippen LogP contribution in [-0.4, -0.2) is 15.3 Å². The summed E-state index contributed by atoms with van der Waals surface area (Å²) in [5, 5.41) is 7.60. The van der Waals surface area contributed by atoms with E-state index in [-0.39, 0.29) is 5.54 Å². The maximum atomic E-state index is 5.82. The van der Waals surface area contributed by atoms with Crippen molar-refractivity contribution in [1.29, 1.82) is 0 Å². The average Bonchev–Trinajstić information content (AvgIpc) is 2.80. The van der Waals surface area contributed by atoms with Gasteiger partial charge in [0.2, 0.25) is 0 Å². The first-order valence-corrected chi connectivity index (χ1v) is 7.76. The van der Waals surface area contributed by atoms with Gasteiger partial charge in [0.05, 0.1) is 10.7 Å². The third kappa shape index (κ3) is 5.17. The van der Waals surface area contributed by atoms with Crippen molar-refractivity contribution in [2.24, 2.45) is 7.05 Å². The Kier molecular flexibility index (Phi) is 5.06. The second-order valence-corrected chi connectivity index (χ2v) is 7.03. The fraction of sp³-hybridized carbons (Fsp3) is 0.438. The minimum atomic E-state index is 0.113. The number of aromatic nitrogens is 2. The van der Waals surface area contributed by atoms with Crippen molar-refractivity contribution in [1.82, 2.24) is 15.1 Å². The molecule has 0 aliphatic carbocycles. The molecular weight excluding hydrogens is 330 g/mol. The van der Waals surface area contributed by atoms with Crippen LogP contribution in [0.25, 0.3) is 0 Å². The number of ether oxygens (including phenoxy) is 1. The quantitative estimate of drug-likeness (QED) is 0.893. The minimum absolute atomic E-state index is 0.113. The minimum Gasteiger partial charge on any atom is -0.488 e. The summed E-state index contributed by atoms with van der Waals surface area (Å²) in [6, 6.07) is 6.18. The molecule has 0 saturated heterocycles. The zero-order valence-corrected chi connectivity index (χ0v) is 14.6. The van der Waals surface area contributed by atoms with Crippen molar-refractivity contribution in [2.75, 3.05) is 0 Å². The van der Waals surface area contributed by atoms with Crippen LogP contribution in [0.5, 0.6) is 5.75 Å². The Balaban J connectivity index is 1.95. The summed E-state index contributed by atoms with van der Waals surface area (Å²) < 4.78 is 8.56. The second kappa shape index (κ2) is 6.62. The number of halogens is 1. The number of rotatable bonds is 5. The standard InChI is InChI=1S/C16H22BrN3O/c1-16(2,3)18-8-12-5-6-15(14(17)7-12)21-11-13-9-19-20(4)10-13/h5-7,9-10,18H,8,11H2,1-4H3. The molecule has 5 heteroatoms. The molecule has 2 aromatic rings. The molecule has 0 aliphatic rings. The lowest BCUT2D eigenvalue weighted by Gasteiger charge is -2.20. The molecule has 0 spiro atoms. The largest absolute Gasteiger partial charge is 0.488 e. The van der Waals surface area contributed by atoms with Gasteiger partial charge in [-0.2, -0.15) is 5.10 Å². The molecule has 0 amide bonds. The normalized spacial score (nSPS) is 11.7. The van der Waals surface area contributed by atoms with Crippen LogP contribution < -0.4 is 10.1 Å². The molecule has 0 atom stereocenters. The summed E-state index contributed by atoms with van der Waals surface area (Å²) in [7, 11) is 1.90. The summed E-state index contributed by atoms with van der Waals surface area (Å²) in [6.45, 7) is 7.84. The van der Waals surface area contributed by atoms with Gasteiger partial charge >= 0.3 is 0 Å². The molecular formula is C16H22BrN3O. The van der Waals surface area contributed by atoms with E-state index >= 15 is 0 Å². The van der Waals surface area contributed by atoms with Gasteiger partial charge in [-0.1, -0.05) is 6.07 Å². The van der Waals surface area contributed by atoms with E-state index in [2.05, 4.69) is 59.2 Å². The fourth-order valence-electron chi connectivity index (χ4n) is 1.85. The van der Waals surface area contributed by atoms with Crippen LogP contribution in [0.2, 0.25) is 0 Å². The molecule has 0 saturated carbocycles. The first-order chi connectivity index (χ1) is 9.83.